The van der Waals surface area contributed by atoms with Crippen LogP contribution in [0.4, 0.5) is 13.6 Å². The Kier molecular flexibility index (Phi) is 25.0. The average molecular weight is 1010 g/mol. The van der Waals surface area contributed by atoms with Crippen LogP contribution in [0.5, 0.6) is 0 Å². The molecular weight excluding hydrogens is 941 g/mol. The highest BCUT2D eigenvalue weighted by atomic mass is 19.3. The molecule has 7 atom stereocenters. The van der Waals surface area contributed by atoms with Crippen LogP contribution in [0.3, 0.4) is 0 Å². The van der Waals surface area contributed by atoms with E-state index in [-0.39, 0.29) is 32.8 Å². The third-order valence-electron chi connectivity index (χ3n) is 11.3. The van der Waals surface area contributed by atoms with Gasteiger partial charge in [0.2, 0.25) is 35.3 Å². The molecule has 0 radical (unpaired) electrons. The average Bonchev–Trinajstić information content (AvgIpc) is 3.36. The normalized spacial score (nSPS) is 14.0. The number of alkyl carbamates (subject to hydrolysis) is 1. The Balaban J connectivity index is 1.64. The number of rotatable bonds is 30. The van der Waals surface area contributed by atoms with Gasteiger partial charge in [-0.15, -0.1) is 0 Å². The van der Waals surface area contributed by atoms with E-state index in [1.807, 2.05) is 35.6 Å². The lowest BCUT2D eigenvalue weighted by molar-refractivity contribution is -0.160. The maximum absolute atomic E-state index is 15.0. The van der Waals surface area contributed by atoms with Gasteiger partial charge in [0.1, 0.15) is 37.4 Å². The second-order valence-electron chi connectivity index (χ2n) is 17.1. The molecule has 0 saturated heterocycles. The highest BCUT2D eigenvalue weighted by Crippen LogP contribution is 2.18. The molecule has 0 spiro atoms. The highest BCUT2D eigenvalue weighted by Gasteiger charge is 2.49. The van der Waals surface area contributed by atoms with Crippen molar-refractivity contribution in [1.29, 1.82) is 0 Å². The van der Waals surface area contributed by atoms with E-state index in [0.717, 1.165) is 18.1 Å². The van der Waals surface area contributed by atoms with Crippen molar-refractivity contribution in [1.82, 2.24) is 37.2 Å². The highest BCUT2D eigenvalue weighted by molar-refractivity contribution is 6.10. The molecule has 19 nitrogen and oxygen atoms in total. The zero-order valence-electron chi connectivity index (χ0n) is 41.4. The minimum Gasteiger partial charge on any atom is -0.461 e. The fourth-order valence-corrected chi connectivity index (χ4v) is 6.80. The molecule has 0 saturated carbocycles. The number of esters is 1. The van der Waals surface area contributed by atoms with Gasteiger partial charge in [-0.2, -0.15) is 8.78 Å². The molecule has 72 heavy (non-hydrogen) atoms. The van der Waals surface area contributed by atoms with E-state index >= 15 is 8.78 Å². The topological polar surface area (TPSA) is 266 Å². The number of unbranched alkanes of at least 4 members (excludes halogenated alkanes) is 1. The lowest BCUT2D eigenvalue weighted by Crippen LogP contribution is -2.62. The number of carbonyl (C=O) groups is 9. The Morgan fingerprint density at radius 3 is 1.64 bits per heavy atom. The molecule has 0 aliphatic rings. The van der Waals surface area contributed by atoms with Crippen LogP contribution in [-0.4, -0.2) is 109 Å². The predicted molar refractivity (Wildman–Crippen MR) is 259 cm³/mol. The maximum Gasteiger partial charge on any atom is 0.407 e. The van der Waals surface area contributed by atoms with E-state index in [4.69, 9.17) is 14.2 Å². The van der Waals surface area contributed by atoms with Gasteiger partial charge < -0.3 is 51.4 Å². The van der Waals surface area contributed by atoms with Crippen LogP contribution in [0, 0.1) is 5.92 Å². The van der Waals surface area contributed by atoms with Crippen LogP contribution in [0.1, 0.15) is 90.3 Å². The molecule has 0 heterocycles. The summed E-state index contributed by atoms with van der Waals surface area (Å²) in [6.45, 7) is 7.96. The van der Waals surface area contributed by atoms with Gasteiger partial charge in [0, 0.05) is 20.0 Å². The molecule has 392 valence electrons. The number of alkyl halides is 2. The summed E-state index contributed by atoms with van der Waals surface area (Å²) in [7, 11) is 0. The van der Waals surface area contributed by atoms with Crippen LogP contribution < -0.4 is 37.2 Å². The fraction of sp³-hybridized carbons (Fsp3) is 0.471. The van der Waals surface area contributed by atoms with Crippen molar-refractivity contribution in [3.05, 3.63) is 108 Å². The van der Waals surface area contributed by atoms with Crippen molar-refractivity contribution >= 4 is 53.3 Å². The lowest BCUT2D eigenvalue weighted by atomic mass is 9.96. The third kappa shape index (κ3) is 20.6. The largest absolute Gasteiger partial charge is 0.461 e. The second kappa shape index (κ2) is 30.4. The molecule has 21 heteroatoms. The molecule has 0 aliphatic carbocycles. The molecule has 0 fully saturated rings. The number of nitrogens with one attached hydrogen (secondary N) is 7. The number of ketones is 1. The Bertz CT molecular complexity index is 2260. The number of carbonyl (C=O) groups excluding carboxylic acids is 9. The van der Waals surface area contributed by atoms with Gasteiger partial charge in [-0.3, -0.25) is 38.4 Å². The Morgan fingerprint density at radius 1 is 0.569 bits per heavy atom. The quantitative estimate of drug-likeness (QED) is 0.0287. The van der Waals surface area contributed by atoms with Crippen molar-refractivity contribution in [3.63, 3.8) is 0 Å². The first-order valence-corrected chi connectivity index (χ1v) is 23.7. The van der Waals surface area contributed by atoms with E-state index in [1.54, 1.807) is 74.5 Å². The van der Waals surface area contributed by atoms with Gasteiger partial charge in [-0.25, -0.2) is 4.79 Å². The van der Waals surface area contributed by atoms with Gasteiger partial charge in [0.25, 0.3) is 5.91 Å². The van der Waals surface area contributed by atoms with Crippen LogP contribution in [0.2, 0.25) is 0 Å². The SMILES string of the molecule is CC[C@H](C)[C@H](NC(=O)[C@H](CCCCNC(=O)OCc1ccccc1)NC(C)=O)C(=O)N[C@H](C(=O)N[C@@H](C)C(=O)N[C@@H](C)C(=O)C(F)(F)C(=O)NCCC(=O)OCc1ccccc1)[C@@H](C)OCc1ccccc1. The van der Waals surface area contributed by atoms with E-state index < -0.39 is 114 Å². The zero-order valence-corrected chi connectivity index (χ0v) is 41.4. The number of benzene rings is 3. The molecule has 3 aromatic carbocycles. The van der Waals surface area contributed by atoms with E-state index in [1.165, 1.54) is 20.8 Å². The summed E-state index contributed by atoms with van der Waals surface area (Å²) in [5.41, 5.74) is 2.22. The smallest absolute Gasteiger partial charge is 0.407 e. The first-order valence-electron chi connectivity index (χ1n) is 23.7. The third-order valence-corrected chi connectivity index (χ3v) is 11.3. The van der Waals surface area contributed by atoms with Gasteiger partial charge in [-0.05, 0) is 62.6 Å². The number of halogens is 2. The molecule has 0 unspecified atom stereocenters. The van der Waals surface area contributed by atoms with Crippen molar-refractivity contribution < 1.29 is 66.1 Å². The standard InChI is InChI=1S/C51H67F2N7O12/c1-7-32(2)42(59-46(65)40(58-36(6)61)25-17-18-27-55-50(69)72-31-39-23-15-10-16-24-39)47(66)60-43(35(5)70-29-37-19-11-8-12-20-37)48(67)57-34(4)45(64)56-33(3)44(63)51(52,53)49(68)54-28-26-41(62)71-30-38-21-13-9-14-22-38/h8-16,19-24,32-35,40,42-43H,7,17-18,25-31H2,1-6H3,(H,54,68)(H,55,69)(H,56,64)(H,57,67)(H,58,61)(H,59,65)(H,60,66)/t32-,33-,34-,35+,40-,42-,43-/m0/s1. The van der Waals surface area contributed by atoms with Gasteiger partial charge in [0.15, 0.2) is 0 Å². The van der Waals surface area contributed by atoms with Crippen molar-refractivity contribution in [2.24, 2.45) is 5.92 Å². The van der Waals surface area contributed by atoms with Gasteiger partial charge in [0.05, 0.1) is 25.2 Å². The summed E-state index contributed by atoms with van der Waals surface area (Å²) in [5.74, 6) is -14.0. The monoisotopic (exact) mass is 1010 g/mol. The first kappa shape index (κ1) is 59.0. The molecule has 0 aliphatic heterocycles. The Morgan fingerprint density at radius 2 is 1.08 bits per heavy atom. The summed E-state index contributed by atoms with van der Waals surface area (Å²) in [6, 6.07) is 19.3. The van der Waals surface area contributed by atoms with Gasteiger partial charge >= 0.3 is 18.0 Å². The molecule has 0 aromatic heterocycles. The minimum atomic E-state index is -4.63. The van der Waals surface area contributed by atoms with Crippen LogP contribution in [0.25, 0.3) is 0 Å². The van der Waals surface area contributed by atoms with Crippen LogP contribution in [-0.2, 0) is 72.4 Å². The van der Waals surface area contributed by atoms with E-state index in [0.29, 0.717) is 24.8 Å². The number of hydrogen-bond donors (Lipinski definition) is 7. The lowest BCUT2D eigenvalue weighted by Gasteiger charge is -2.31. The first-order chi connectivity index (χ1) is 34.2. The van der Waals surface area contributed by atoms with Crippen LogP contribution >= 0.6 is 0 Å². The number of amides is 7. The van der Waals surface area contributed by atoms with Crippen molar-refractivity contribution in [2.75, 3.05) is 13.1 Å². The molecule has 0 bridgehead atoms. The number of hydrogen-bond acceptors (Lipinski definition) is 12. The summed E-state index contributed by atoms with van der Waals surface area (Å²) in [5, 5.41) is 16.9. The Labute approximate surface area is 418 Å². The molecular formula is C51H67F2N7O12. The van der Waals surface area contributed by atoms with Crippen molar-refractivity contribution in [2.45, 2.75) is 136 Å². The number of Topliss-reactive ketones (excluding diaryl/α,β-unsaturated/α-hetero) is 1. The summed E-state index contributed by atoms with van der Waals surface area (Å²) >= 11 is 0. The minimum absolute atomic E-state index is 0.00816. The molecule has 7 amide bonds. The summed E-state index contributed by atoms with van der Waals surface area (Å²) in [6.07, 6.45) is -0.857. The second-order valence-corrected chi connectivity index (χ2v) is 17.1. The zero-order chi connectivity index (χ0) is 53.2. The fourth-order valence-electron chi connectivity index (χ4n) is 6.80. The van der Waals surface area contributed by atoms with Gasteiger partial charge in [-0.1, -0.05) is 111 Å². The predicted octanol–water partition coefficient (Wildman–Crippen LogP) is 3.67. The summed E-state index contributed by atoms with van der Waals surface area (Å²) < 4.78 is 46.3. The summed E-state index contributed by atoms with van der Waals surface area (Å²) in [4.78, 5) is 117. The van der Waals surface area contributed by atoms with E-state index in [9.17, 15) is 43.2 Å². The van der Waals surface area contributed by atoms with Crippen LogP contribution in [0.15, 0.2) is 91.0 Å². The van der Waals surface area contributed by atoms with E-state index in [2.05, 4.69) is 31.9 Å². The number of ether oxygens (including phenoxy) is 3. The Hall–Kier alpha value is -7.29. The van der Waals surface area contributed by atoms with Crippen molar-refractivity contribution in [3.8, 4) is 0 Å². The molecule has 3 aromatic rings. The molecule has 7 N–H and O–H groups in total. The maximum atomic E-state index is 15.0. The molecule has 3 rings (SSSR count).